The number of hydrogen-bond acceptors (Lipinski definition) is 4. The SMILES string of the molecule is CC(=O)N(C)c1sc(Br)nc1C(=O)O. The van der Waals surface area contributed by atoms with Crippen LogP contribution in [-0.2, 0) is 4.79 Å². The predicted molar refractivity (Wildman–Crippen MR) is 55.9 cm³/mol. The Morgan fingerprint density at radius 2 is 2.14 bits per heavy atom. The maximum atomic E-state index is 11.0. The summed E-state index contributed by atoms with van der Waals surface area (Å²) in [7, 11) is 1.51. The molecule has 0 aliphatic carbocycles. The summed E-state index contributed by atoms with van der Waals surface area (Å²) in [6.45, 7) is 1.36. The molecule has 0 saturated carbocycles. The molecule has 1 amide bonds. The molecule has 14 heavy (non-hydrogen) atoms. The molecule has 0 saturated heterocycles. The molecule has 0 aromatic carbocycles. The van der Waals surface area contributed by atoms with Crippen molar-refractivity contribution in [1.82, 2.24) is 4.98 Å². The van der Waals surface area contributed by atoms with Gasteiger partial charge < -0.3 is 10.0 Å². The van der Waals surface area contributed by atoms with E-state index in [0.717, 1.165) is 11.3 Å². The molecule has 5 nitrogen and oxygen atoms in total. The number of hydrogen-bond donors (Lipinski definition) is 1. The molecular weight excluding hydrogens is 272 g/mol. The molecule has 0 bridgehead atoms. The Bertz CT molecular complexity index is 390. The summed E-state index contributed by atoms with van der Waals surface area (Å²) in [5.74, 6) is -1.38. The largest absolute Gasteiger partial charge is 0.476 e. The minimum atomic E-state index is -1.14. The molecule has 1 aromatic heterocycles. The van der Waals surface area contributed by atoms with Crippen LogP contribution in [0.15, 0.2) is 3.92 Å². The number of carbonyl (C=O) groups is 2. The fourth-order valence-electron chi connectivity index (χ4n) is 0.796. The average Bonchev–Trinajstić information content (AvgIpc) is 2.45. The Balaban J connectivity index is 3.19. The standard InChI is InChI=1S/C7H7BrN2O3S/c1-3(11)10(2)5-4(6(12)13)9-7(8)14-5/h1-2H3,(H,12,13). The highest BCUT2D eigenvalue weighted by Crippen LogP contribution is 2.31. The molecule has 1 heterocycles. The van der Waals surface area contributed by atoms with Gasteiger partial charge in [0.1, 0.15) is 5.00 Å². The second-order valence-corrected chi connectivity index (χ2v) is 4.76. The number of halogens is 1. The normalized spacial score (nSPS) is 9.93. The topological polar surface area (TPSA) is 70.5 Å². The van der Waals surface area contributed by atoms with Crippen LogP contribution in [0.4, 0.5) is 5.00 Å². The summed E-state index contributed by atoms with van der Waals surface area (Å²) in [4.78, 5) is 26.8. The van der Waals surface area contributed by atoms with E-state index in [1.54, 1.807) is 0 Å². The van der Waals surface area contributed by atoms with Crippen LogP contribution in [0.5, 0.6) is 0 Å². The van der Waals surface area contributed by atoms with Crippen molar-refractivity contribution >= 4 is 44.1 Å². The maximum absolute atomic E-state index is 11.0. The number of carboxylic acids is 1. The van der Waals surface area contributed by atoms with E-state index in [2.05, 4.69) is 20.9 Å². The third kappa shape index (κ3) is 2.10. The van der Waals surface area contributed by atoms with Crippen LogP contribution in [0.25, 0.3) is 0 Å². The first kappa shape index (κ1) is 11.1. The lowest BCUT2D eigenvalue weighted by molar-refractivity contribution is -0.116. The van der Waals surface area contributed by atoms with E-state index in [9.17, 15) is 9.59 Å². The van der Waals surface area contributed by atoms with Crippen LogP contribution < -0.4 is 4.90 Å². The first-order chi connectivity index (χ1) is 6.43. The van der Waals surface area contributed by atoms with Crippen molar-refractivity contribution in [1.29, 1.82) is 0 Å². The molecule has 7 heteroatoms. The van der Waals surface area contributed by atoms with Gasteiger partial charge in [0.05, 0.1) is 0 Å². The maximum Gasteiger partial charge on any atom is 0.357 e. The van der Waals surface area contributed by atoms with E-state index in [-0.39, 0.29) is 11.6 Å². The Morgan fingerprint density at radius 3 is 2.57 bits per heavy atom. The van der Waals surface area contributed by atoms with E-state index in [4.69, 9.17) is 5.11 Å². The number of nitrogens with zero attached hydrogens (tertiary/aromatic N) is 2. The van der Waals surface area contributed by atoms with Gasteiger partial charge in [0.15, 0.2) is 9.61 Å². The molecule has 0 radical (unpaired) electrons. The lowest BCUT2D eigenvalue weighted by atomic mass is 10.4. The van der Waals surface area contributed by atoms with Crippen molar-refractivity contribution in [2.45, 2.75) is 6.92 Å². The van der Waals surface area contributed by atoms with Gasteiger partial charge in [0.2, 0.25) is 5.91 Å². The van der Waals surface area contributed by atoms with E-state index < -0.39 is 5.97 Å². The fourth-order valence-corrected chi connectivity index (χ4v) is 2.23. The van der Waals surface area contributed by atoms with Crippen molar-refractivity contribution < 1.29 is 14.7 Å². The van der Waals surface area contributed by atoms with Gasteiger partial charge in [-0.2, -0.15) is 0 Å². The number of amides is 1. The van der Waals surface area contributed by atoms with Crippen molar-refractivity contribution in [3.8, 4) is 0 Å². The molecule has 0 spiro atoms. The second-order valence-electron chi connectivity index (χ2n) is 2.50. The zero-order valence-corrected chi connectivity index (χ0v) is 9.85. The van der Waals surface area contributed by atoms with Gasteiger partial charge in [-0.1, -0.05) is 11.3 Å². The number of carboxylic acid groups (broad SMARTS) is 1. The molecular formula is C7H7BrN2O3S. The number of rotatable bonds is 2. The van der Waals surface area contributed by atoms with Gasteiger partial charge in [0, 0.05) is 14.0 Å². The van der Waals surface area contributed by atoms with E-state index in [0.29, 0.717) is 8.92 Å². The minimum absolute atomic E-state index is 0.112. The summed E-state index contributed by atoms with van der Waals surface area (Å²) < 4.78 is 0.443. The Hall–Kier alpha value is -0.950. The van der Waals surface area contributed by atoms with Crippen LogP contribution in [0.3, 0.4) is 0 Å². The Morgan fingerprint density at radius 1 is 1.57 bits per heavy atom. The predicted octanol–water partition coefficient (Wildman–Crippen LogP) is 1.59. The van der Waals surface area contributed by atoms with Crippen LogP contribution in [0.1, 0.15) is 17.4 Å². The second kappa shape index (κ2) is 4.05. The van der Waals surface area contributed by atoms with Crippen molar-refractivity contribution in [2.24, 2.45) is 0 Å². The highest BCUT2D eigenvalue weighted by molar-refractivity contribution is 9.11. The molecule has 1 N–H and O–H groups in total. The highest BCUT2D eigenvalue weighted by atomic mass is 79.9. The third-order valence-corrected chi connectivity index (χ3v) is 3.15. The summed E-state index contributed by atoms with van der Waals surface area (Å²) in [6.07, 6.45) is 0. The number of carbonyl (C=O) groups excluding carboxylic acids is 1. The van der Waals surface area contributed by atoms with E-state index in [1.165, 1.54) is 18.9 Å². The summed E-state index contributed by atoms with van der Waals surface area (Å²) in [5.41, 5.74) is -0.112. The van der Waals surface area contributed by atoms with Gasteiger partial charge in [-0.05, 0) is 15.9 Å². The smallest absolute Gasteiger partial charge is 0.357 e. The Labute approximate surface area is 92.5 Å². The highest BCUT2D eigenvalue weighted by Gasteiger charge is 2.21. The lowest BCUT2D eigenvalue weighted by Gasteiger charge is -2.11. The first-order valence-electron chi connectivity index (χ1n) is 3.57. The lowest BCUT2D eigenvalue weighted by Crippen LogP contribution is -2.23. The molecule has 1 rings (SSSR count). The third-order valence-electron chi connectivity index (χ3n) is 1.56. The van der Waals surface area contributed by atoms with Crippen molar-refractivity contribution in [3.05, 3.63) is 9.61 Å². The number of aromatic carboxylic acids is 1. The molecule has 0 unspecified atom stereocenters. The van der Waals surface area contributed by atoms with Crippen LogP contribution in [0.2, 0.25) is 0 Å². The molecule has 1 aromatic rings. The quantitative estimate of drug-likeness (QED) is 0.892. The summed E-state index contributed by atoms with van der Waals surface area (Å²) in [5, 5.41) is 9.13. The Kier molecular flexibility index (Phi) is 3.22. The molecule has 0 fully saturated rings. The monoisotopic (exact) mass is 278 g/mol. The molecule has 0 aliphatic rings. The van der Waals surface area contributed by atoms with Crippen molar-refractivity contribution in [3.63, 3.8) is 0 Å². The van der Waals surface area contributed by atoms with Gasteiger partial charge in [-0.3, -0.25) is 4.79 Å². The minimum Gasteiger partial charge on any atom is -0.476 e. The average molecular weight is 279 g/mol. The fraction of sp³-hybridized carbons (Fsp3) is 0.286. The molecule has 76 valence electrons. The van der Waals surface area contributed by atoms with Gasteiger partial charge in [0.25, 0.3) is 0 Å². The van der Waals surface area contributed by atoms with Gasteiger partial charge in [-0.15, -0.1) is 0 Å². The molecule has 0 aliphatic heterocycles. The van der Waals surface area contributed by atoms with Crippen LogP contribution in [0, 0.1) is 0 Å². The van der Waals surface area contributed by atoms with Crippen molar-refractivity contribution in [2.75, 3.05) is 11.9 Å². The van der Waals surface area contributed by atoms with Gasteiger partial charge >= 0.3 is 5.97 Å². The molecule has 0 atom stereocenters. The summed E-state index contributed by atoms with van der Waals surface area (Å²) >= 11 is 4.18. The van der Waals surface area contributed by atoms with Gasteiger partial charge in [-0.25, -0.2) is 9.78 Å². The summed E-state index contributed by atoms with van der Waals surface area (Å²) in [6, 6.07) is 0. The first-order valence-corrected chi connectivity index (χ1v) is 5.18. The van der Waals surface area contributed by atoms with E-state index >= 15 is 0 Å². The number of aromatic nitrogens is 1. The zero-order valence-electron chi connectivity index (χ0n) is 7.44. The number of anilines is 1. The zero-order chi connectivity index (χ0) is 10.9. The van der Waals surface area contributed by atoms with E-state index in [1.807, 2.05) is 0 Å². The van der Waals surface area contributed by atoms with Crippen LogP contribution >= 0.6 is 27.3 Å². The number of thiazole rings is 1. The van der Waals surface area contributed by atoms with Crippen LogP contribution in [-0.4, -0.2) is 29.0 Å².